The van der Waals surface area contributed by atoms with Gasteiger partial charge >= 0.3 is 11.8 Å². The molecule has 18 heavy (non-hydrogen) atoms. The van der Waals surface area contributed by atoms with Gasteiger partial charge in [0.25, 0.3) is 0 Å². The highest BCUT2D eigenvalue weighted by Gasteiger charge is 2.28. The Hall–Kier alpha value is -1.10. The second kappa shape index (κ2) is 6.18. The Labute approximate surface area is 108 Å². The van der Waals surface area contributed by atoms with Crippen LogP contribution in [0.3, 0.4) is 0 Å². The fourth-order valence-electron chi connectivity index (χ4n) is 2.60. The first-order chi connectivity index (χ1) is 8.68. The lowest BCUT2D eigenvalue weighted by Gasteiger charge is -2.29. The molecule has 5 heteroatoms. The van der Waals surface area contributed by atoms with Crippen molar-refractivity contribution in [1.29, 1.82) is 0 Å². The van der Waals surface area contributed by atoms with Crippen LogP contribution in [0.2, 0.25) is 0 Å². The summed E-state index contributed by atoms with van der Waals surface area (Å²) < 4.78 is 0. The van der Waals surface area contributed by atoms with Crippen LogP contribution in [0.15, 0.2) is 0 Å². The van der Waals surface area contributed by atoms with Crippen LogP contribution >= 0.6 is 0 Å². The Morgan fingerprint density at radius 1 is 0.944 bits per heavy atom. The molecule has 0 aromatic rings. The summed E-state index contributed by atoms with van der Waals surface area (Å²) >= 11 is 0. The molecule has 2 aliphatic rings. The number of hydrogen-bond acceptors (Lipinski definition) is 3. The molecular formula is C13H23N3O2. The van der Waals surface area contributed by atoms with Gasteiger partial charge in [-0.05, 0) is 25.2 Å². The minimum absolute atomic E-state index is 0.300. The minimum atomic E-state index is -0.314. The fraction of sp³-hybridized carbons (Fsp3) is 0.846. The lowest BCUT2D eigenvalue weighted by Crippen LogP contribution is -2.52. The zero-order valence-corrected chi connectivity index (χ0v) is 11.2. The van der Waals surface area contributed by atoms with Crippen molar-refractivity contribution in [2.75, 3.05) is 39.3 Å². The number of carbonyl (C=O) groups excluding carboxylic acids is 2. The molecule has 1 unspecified atom stereocenters. The van der Waals surface area contributed by atoms with E-state index in [1.165, 1.54) is 0 Å². The number of nitrogens with one attached hydrogen (secondary N) is 1. The molecule has 2 rings (SSSR count). The first-order valence-corrected chi connectivity index (χ1v) is 6.97. The largest absolute Gasteiger partial charge is 0.334 e. The van der Waals surface area contributed by atoms with Crippen molar-refractivity contribution in [3.05, 3.63) is 0 Å². The summed E-state index contributed by atoms with van der Waals surface area (Å²) in [6, 6.07) is 0. The topological polar surface area (TPSA) is 52.7 Å². The van der Waals surface area contributed by atoms with Gasteiger partial charge in [-0.3, -0.25) is 9.59 Å². The summed E-state index contributed by atoms with van der Waals surface area (Å²) in [7, 11) is 0. The van der Waals surface area contributed by atoms with E-state index in [9.17, 15) is 9.59 Å². The standard InChI is InChI=1S/C13H23N3O2/c1-11-3-2-7-15(8-4-11)12(17)13(18)16-9-5-14-6-10-16/h11,14H,2-10H2,1H3. The smallest absolute Gasteiger partial charge is 0.312 e. The highest BCUT2D eigenvalue weighted by Crippen LogP contribution is 2.16. The zero-order chi connectivity index (χ0) is 13.0. The Bertz CT molecular complexity index is 313. The van der Waals surface area contributed by atoms with Gasteiger partial charge in [0, 0.05) is 39.3 Å². The molecule has 1 atom stereocenters. The van der Waals surface area contributed by atoms with Crippen LogP contribution in [-0.2, 0) is 9.59 Å². The van der Waals surface area contributed by atoms with Gasteiger partial charge in [-0.1, -0.05) is 6.92 Å². The quantitative estimate of drug-likeness (QED) is 0.621. The number of piperazine rings is 1. The molecule has 0 aliphatic carbocycles. The molecule has 1 N–H and O–H groups in total. The molecule has 102 valence electrons. The lowest BCUT2D eigenvalue weighted by molar-refractivity contribution is -0.152. The third kappa shape index (κ3) is 3.22. The summed E-state index contributed by atoms with van der Waals surface area (Å²) in [6.07, 6.45) is 3.19. The Kier molecular flexibility index (Phi) is 4.58. The van der Waals surface area contributed by atoms with Crippen LogP contribution in [0, 0.1) is 5.92 Å². The van der Waals surface area contributed by atoms with Crippen LogP contribution in [0.25, 0.3) is 0 Å². The average molecular weight is 253 g/mol. The van der Waals surface area contributed by atoms with Crippen molar-refractivity contribution >= 4 is 11.8 Å². The molecule has 0 spiro atoms. The molecule has 5 nitrogen and oxygen atoms in total. The fourth-order valence-corrected chi connectivity index (χ4v) is 2.60. The molecule has 2 fully saturated rings. The van der Waals surface area contributed by atoms with E-state index in [1.807, 2.05) is 0 Å². The Morgan fingerprint density at radius 2 is 1.56 bits per heavy atom. The number of amides is 2. The predicted octanol–water partition coefficient (Wildman–Crippen LogP) is 0.0668. The van der Waals surface area contributed by atoms with Gasteiger partial charge in [-0.15, -0.1) is 0 Å². The highest BCUT2D eigenvalue weighted by molar-refractivity contribution is 6.34. The van der Waals surface area contributed by atoms with Crippen molar-refractivity contribution in [3.63, 3.8) is 0 Å². The number of nitrogens with zero attached hydrogens (tertiary/aromatic N) is 2. The summed E-state index contributed by atoms with van der Waals surface area (Å²) in [5.74, 6) is 0.0501. The predicted molar refractivity (Wildman–Crippen MR) is 69.0 cm³/mol. The van der Waals surface area contributed by atoms with Crippen LogP contribution in [-0.4, -0.2) is 60.9 Å². The number of hydrogen-bond donors (Lipinski definition) is 1. The molecule has 0 bridgehead atoms. The van der Waals surface area contributed by atoms with E-state index in [0.29, 0.717) is 19.0 Å². The zero-order valence-electron chi connectivity index (χ0n) is 11.2. The van der Waals surface area contributed by atoms with E-state index < -0.39 is 0 Å². The molecule has 0 saturated carbocycles. The number of carbonyl (C=O) groups is 2. The van der Waals surface area contributed by atoms with Gasteiger partial charge in [-0.25, -0.2) is 0 Å². The van der Waals surface area contributed by atoms with Gasteiger partial charge in [-0.2, -0.15) is 0 Å². The molecule has 2 saturated heterocycles. The molecule has 2 aliphatic heterocycles. The Balaban J connectivity index is 1.90. The van der Waals surface area contributed by atoms with Crippen molar-refractivity contribution in [2.45, 2.75) is 26.2 Å². The summed E-state index contributed by atoms with van der Waals surface area (Å²) in [4.78, 5) is 27.7. The maximum Gasteiger partial charge on any atom is 0.312 e. The normalized spacial score (nSPS) is 25.7. The monoisotopic (exact) mass is 253 g/mol. The van der Waals surface area contributed by atoms with E-state index in [-0.39, 0.29) is 11.8 Å². The maximum atomic E-state index is 12.2. The molecule has 0 aromatic heterocycles. The second-order valence-electron chi connectivity index (χ2n) is 5.37. The maximum absolute atomic E-state index is 12.2. The van der Waals surface area contributed by atoms with Gasteiger partial charge in [0.2, 0.25) is 0 Å². The van der Waals surface area contributed by atoms with E-state index in [4.69, 9.17) is 0 Å². The molecule has 0 radical (unpaired) electrons. The van der Waals surface area contributed by atoms with E-state index in [1.54, 1.807) is 9.80 Å². The van der Waals surface area contributed by atoms with E-state index >= 15 is 0 Å². The highest BCUT2D eigenvalue weighted by atomic mass is 16.2. The molecule has 0 aromatic carbocycles. The summed E-state index contributed by atoms with van der Waals surface area (Å²) in [6.45, 7) is 6.56. The van der Waals surface area contributed by atoms with E-state index in [0.717, 1.165) is 45.4 Å². The molecular weight excluding hydrogens is 230 g/mol. The third-order valence-corrected chi connectivity index (χ3v) is 3.89. The van der Waals surface area contributed by atoms with Gasteiger partial charge in [0.15, 0.2) is 0 Å². The first kappa shape index (κ1) is 13.3. The van der Waals surface area contributed by atoms with Crippen molar-refractivity contribution in [1.82, 2.24) is 15.1 Å². The average Bonchev–Trinajstić information content (AvgIpc) is 2.63. The van der Waals surface area contributed by atoms with Gasteiger partial charge in [0.05, 0.1) is 0 Å². The van der Waals surface area contributed by atoms with Crippen LogP contribution in [0.5, 0.6) is 0 Å². The summed E-state index contributed by atoms with van der Waals surface area (Å²) in [5.41, 5.74) is 0. The van der Waals surface area contributed by atoms with Crippen molar-refractivity contribution in [2.24, 2.45) is 5.92 Å². The number of rotatable bonds is 0. The minimum Gasteiger partial charge on any atom is -0.334 e. The van der Waals surface area contributed by atoms with Crippen molar-refractivity contribution in [3.8, 4) is 0 Å². The first-order valence-electron chi connectivity index (χ1n) is 6.97. The third-order valence-electron chi connectivity index (χ3n) is 3.89. The Morgan fingerprint density at radius 3 is 2.22 bits per heavy atom. The van der Waals surface area contributed by atoms with Crippen LogP contribution in [0.1, 0.15) is 26.2 Å². The van der Waals surface area contributed by atoms with Crippen molar-refractivity contribution < 1.29 is 9.59 Å². The molecule has 2 heterocycles. The second-order valence-corrected chi connectivity index (χ2v) is 5.37. The van der Waals surface area contributed by atoms with Crippen LogP contribution in [0.4, 0.5) is 0 Å². The van der Waals surface area contributed by atoms with E-state index in [2.05, 4.69) is 12.2 Å². The number of likely N-dealkylation sites (tertiary alicyclic amines) is 1. The lowest BCUT2D eigenvalue weighted by atomic mass is 10.0. The van der Waals surface area contributed by atoms with Gasteiger partial charge in [0.1, 0.15) is 0 Å². The SMILES string of the molecule is CC1CCCN(C(=O)C(=O)N2CCNCC2)CC1. The molecule has 2 amide bonds. The summed E-state index contributed by atoms with van der Waals surface area (Å²) in [5, 5.41) is 3.19. The van der Waals surface area contributed by atoms with Crippen LogP contribution < -0.4 is 5.32 Å². The van der Waals surface area contributed by atoms with Gasteiger partial charge < -0.3 is 15.1 Å².